The quantitative estimate of drug-likeness (QED) is 0.815. The average Bonchev–Trinajstić information content (AvgIpc) is 3.14. The fourth-order valence-electron chi connectivity index (χ4n) is 2.01. The Morgan fingerprint density at radius 1 is 1.28 bits per heavy atom. The van der Waals surface area contributed by atoms with Gasteiger partial charge in [-0.1, -0.05) is 6.92 Å². The van der Waals surface area contributed by atoms with Gasteiger partial charge in [0, 0.05) is 12.1 Å². The molecule has 1 fully saturated rings. The molecular weight excluding hydrogens is 233 g/mol. The van der Waals surface area contributed by atoms with E-state index in [4.69, 9.17) is 0 Å². The lowest BCUT2D eigenvalue weighted by Crippen LogP contribution is -2.31. The van der Waals surface area contributed by atoms with Crippen molar-refractivity contribution in [3.05, 3.63) is 30.1 Å². The molecule has 2 rings (SSSR count). The number of Topliss-reactive ketones (excluding diaryl/α,β-unsaturated/α-hetero) is 1. The topological polar surface area (TPSA) is 46.2 Å². The van der Waals surface area contributed by atoms with Gasteiger partial charge in [-0.25, -0.2) is 4.39 Å². The molecule has 1 aliphatic carbocycles. The first-order valence-corrected chi connectivity index (χ1v) is 6.19. The van der Waals surface area contributed by atoms with Crippen molar-refractivity contribution >= 4 is 17.4 Å². The van der Waals surface area contributed by atoms with Crippen LogP contribution >= 0.6 is 0 Å². The number of ketones is 1. The van der Waals surface area contributed by atoms with Gasteiger partial charge < -0.3 is 5.32 Å². The van der Waals surface area contributed by atoms with Crippen LogP contribution in [0.15, 0.2) is 24.3 Å². The maximum absolute atomic E-state index is 12.7. The van der Waals surface area contributed by atoms with Gasteiger partial charge in [0.1, 0.15) is 17.0 Å². The number of amides is 1. The van der Waals surface area contributed by atoms with Gasteiger partial charge in [0.25, 0.3) is 0 Å². The second-order valence-electron chi connectivity index (χ2n) is 4.72. The lowest BCUT2D eigenvalue weighted by atomic mass is 9.96. The normalized spacial score (nSPS) is 16.1. The van der Waals surface area contributed by atoms with E-state index < -0.39 is 5.41 Å². The Morgan fingerprint density at radius 3 is 2.39 bits per heavy atom. The fourth-order valence-corrected chi connectivity index (χ4v) is 2.01. The minimum absolute atomic E-state index is 0.0182. The Bertz CT molecular complexity index is 463. The van der Waals surface area contributed by atoms with Crippen molar-refractivity contribution in [3.63, 3.8) is 0 Å². The molecule has 0 radical (unpaired) electrons. The van der Waals surface area contributed by atoms with E-state index in [1.165, 1.54) is 24.3 Å². The smallest absolute Gasteiger partial charge is 0.238 e. The number of carbonyl (C=O) groups is 2. The van der Waals surface area contributed by atoms with Crippen molar-refractivity contribution in [3.8, 4) is 0 Å². The van der Waals surface area contributed by atoms with Crippen LogP contribution in [0.2, 0.25) is 0 Å². The number of carbonyl (C=O) groups excluding carboxylic acids is 2. The summed E-state index contributed by atoms with van der Waals surface area (Å²) in [5.74, 6) is -0.589. The zero-order valence-corrected chi connectivity index (χ0v) is 10.3. The van der Waals surface area contributed by atoms with Gasteiger partial charge in [-0.2, -0.15) is 0 Å². The predicted octanol–water partition coefficient (Wildman–Crippen LogP) is 2.91. The molecule has 1 amide bonds. The summed E-state index contributed by atoms with van der Waals surface area (Å²) in [7, 11) is 0. The van der Waals surface area contributed by atoms with Crippen molar-refractivity contribution < 1.29 is 14.0 Å². The SMILES string of the molecule is CCCC(=O)C1(C(=O)Nc2ccc(F)cc2)CC1. The predicted molar refractivity (Wildman–Crippen MR) is 66.6 cm³/mol. The van der Waals surface area contributed by atoms with Crippen LogP contribution in [0.5, 0.6) is 0 Å². The molecule has 96 valence electrons. The molecule has 1 aromatic rings. The van der Waals surface area contributed by atoms with Gasteiger partial charge in [-0.05, 0) is 43.5 Å². The van der Waals surface area contributed by atoms with Crippen LogP contribution in [-0.2, 0) is 9.59 Å². The molecule has 1 saturated carbocycles. The minimum atomic E-state index is -0.815. The second kappa shape index (κ2) is 4.88. The number of rotatable bonds is 5. The van der Waals surface area contributed by atoms with Crippen molar-refractivity contribution in [2.24, 2.45) is 5.41 Å². The molecule has 3 nitrogen and oxygen atoms in total. The lowest BCUT2D eigenvalue weighted by molar-refractivity contribution is -0.133. The molecule has 1 aliphatic rings. The molecular formula is C14H16FNO2. The summed E-state index contributed by atoms with van der Waals surface area (Å²) in [5.41, 5.74) is -0.290. The van der Waals surface area contributed by atoms with Crippen molar-refractivity contribution in [1.82, 2.24) is 0 Å². The van der Waals surface area contributed by atoms with Gasteiger partial charge in [0.05, 0.1) is 0 Å². The molecule has 0 aliphatic heterocycles. The van der Waals surface area contributed by atoms with Crippen LogP contribution < -0.4 is 5.32 Å². The van der Waals surface area contributed by atoms with Gasteiger partial charge >= 0.3 is 0 Å². The Balaban J connectivity index is 2.04. The van der Waals surface area contributed by atoms with E-state index >= 15 is 0 Å². The first kappa shape index (κ1) is 12.7. The van der Waals surface area contributed by atoms with E-state index in [1.54, 1.807) is 0 Å². The molecule has 1 N–H and O–H groups in total. The molecule has 4 heteroatoms. The zero-order chi connectivity index (χ0) is 13.2. The van der Waals surface area contributed by atoms with Gasteiger partial charge in [0.2, 0.25) is 5.91 Å². The minimum Gasteiger partial charge on any atom is -0.325 e. The van der Waals surface area contributed by atoms with Crippen molar-refractivity contribution in [2.45, 2.75) is 32.6 Å². The molecule has 0 unspecified atom stereocenters. The van der Waals surface area contributed by atoms with Crippen molar-refractivity contribution in [2.75, 3.05) is 5.32 Å². The third-order valence-electron chi connectivity index (χ3n) is 3.30. The Kier molecular flexibility index (Phi) is 3.45. The van der Waals surface area contributed by atoms with Gasteiger partial charge in [0.15, 0.2) is 0 Å². The summed E-state index contributed by atoms with van der Waals surface area (Å²) < 4.78 is 12.7. The first-order chi connectivity index (χ1) is 8.58. The zero-order valence-electron chi connectivity index (χ0n) is 10.3. The first-order valence-electron chi connectivity index (χ1n) is 6.19. The highest BCUT2D eigenvalue weighted by Crippen LogP contribution is 2.48. The maximum Gasteiger partial charge on any atom is 0.238 e. The molecule has 0 heterocycles. The molecule has 0 aromatic heterocycles. The van der Waals surface area contributed by atoms with E-state index in [0.29, 0.717) is 24.9 Å². The summed E-state index contributed by atoms with van der Waals surface area (Å²) in [6.07, 6.45) is 2.44. The van der Waals surface area contributed by atoms with Crippen molar-refractivity contribution in [1.29, 1.82) is 0 Å². The fraction of sp³-hybridized carbons (Fsp3) is 0.429. The van der Waals surface area contributed by atoms with E-state index in [2.05, 4.69) is 5.32 Å². The lowest BCUT2D eigenvalue weighted by Gasteiger charge is -2.13. The summed E-state index contributed by atoms with van der Waals surface area (Å²) >= 11 is 0. The molecule has 0 saturated heterocycles. The number of hydrogen-bond acceptors (Lipinski definition) is 2. The maximum atomic E-state index is 12.7. The monoisotopic (exact) mass is 249 g/mol. The number of benzene rings is 1. The van der Waals surface area contributed by atoms with Crippen LogP contribution in [-0.4, -0.2) is 11.7 Å². The van der Waals surface area contributed by atoms with E-state index in [9.17, 15) is 14.0 Å². The Morgan fingerprint density at radius 2 is 1.89 bits per heavy atom. The Hall–Kier alpha value is -1.71. The van der Waals surface area contributed by atoms with Crippen LogP contribution in [0.25, 0.3) is 0 Å². The van der Waals surface area contributed by atoms with E-state index in [0.717, 1.165) is 6.42 Å². The molecule has 0 spiro atoms. The molecule has 18 heavy (non-hydrogen) atoms. The van der Waals surface area contributed by atoms with E-state index in [-0.39, 0.29) is 17.5 Å². The van der Waals surface area contributed by atoms with Crippen LogP contribution in [0, 0.1) is 11.2 Å². The van der Waals surface area contributed by atoms with Gasteiger partial charge in [-0.3, -0.25) is 9.59 Å². The molecule has 0 atom stereocenters. The summed E-state index contributed by atoms with van der Waals surface area (Å²) in [6, 6.07) is 5.55. The summed E-state index contributed by atoms with van der Waals surface area (Å²) in [5, 5.41) is 2.68. The van der Waals surface area contributed by atoms with Crippen LogP contribution in [0.1, 0.15) is 32.6 Å². The third-order valence-corrected chi connectivity index (χ3v) is 3.30. The second-order valence-corrected chi connectivity index (χ2v) is 4.72. The van der Waals surface area contributed by atoms with Gasteiger partial charge in [-0.15, -0.1) is 0 Å². The Labute approximate surface area is 105 Å². The average molecular weight is 249 g/mol. The largest absolute Gasteiger partial charge is 0.325 e. The van der Waals surface area contributed by atoms with Crippen LogP contribution in [0.3, 0.4) is 0 Å². The third kappa shape index (κ3) is 2.42. The standard InChI is InChI=1S/C14H16FNO2/c1-2-3-12(17)14(8-9-14)13(18)16-11-6-4-10(15)5-7-11/h4-7H,2-3,8-9H2,1H3,(H,16,18). The number of anilines is 1. The highest BCUT2D eigenvalue weighted by Gasteiger charge is 2.55. The molecule has 1 aromatic carbocycles. The number of halogens is 1. The number of hydrogen-bond donors (Lipinski definition) is 1. The van der Waals surface area contributed by atoms with E-state index in [1.807, 2.05) is 6.92 Å². The molecule has 0 bridgehead atoms. The van der Waals surface area contributed by atoms with Crippen LogP contribution in [0.4, 0.5) is 10.1 Å². The highest BCUT2D eigenvalue weighted by molar-refractivity contribution is 6.13. The summed E-state index contributed by atoms with van der Waals surface area (Å²) in [6.45, 7) is 1.92. The highest BCUT2D eigenvalue weighted by atomic mass is 19.1. The summed E-state index contributed by atoms with van der Waals surface area (Å²) in [4.78, 5) is 24.0. The number of nitrogens with one attached hydrogen (secondary N) is 1.